The summed E-state index contributed by atoms with van der Waals surface area (Å²) in [4.78, 5) is 0. The van der Waals surface area contributed by atoms with E-state index in [1.54, 1.807) is 0 Å². The summed E-state index contributed by atoms with van der Waals surface area (Å²) < 4.78 is 0. The Morgan fingerprint density at radius 3 is 1.86 bits per heavy atom. The maximum atomic E-state index is 3.72. The van der Waals surface area contributed by atoms with Crippen LogP contribution < -0.4 is 5.32 Å². The molecule has 1 aliphatic rings. The Morgan fingerprint density at radius 1 is 0.905 bits per heavy atom. The van der Waals surface area contributed by atoms with E-state index in [0.717, 1.165) is 13.1 Å². The van der Waals surface area contributed by atoms with Gasteiger partial charge in [-0.25, -0.2) is 0 Å². The first-order valence-electron chi connectivity index (χ1n) is 8.07. The van der Waals surface area contributed by atoms with E-state index in [1.807, 2.05) is 0 Å². The van der Waals surface area contributed by atoms with Crippen LogP contribution in [-0.2, 0) is 0 Å². The lowest BCUT2D eigenvalue weighted by Gasteiger charge is -2.39. The number of hydrogen-bond donors (Lipinski definition) is 1. The van der Waals surface area contributed by atoms with Crippen molar-refractivity contribution in [3.05, 3.63) is 71.8 Å². The average molecular weight is 279 g/mol. The van der Waals surface area contributed by atoms with Crippen LogP contribution >= 0.6 is 0 Å². The van der Waals surface area contributed by atoms with Crippen molar-refractivity contribution in [2.24, 2.45) is 5.41 Å². The largest absolute Gasteiger partial charge is 0.315 e. The molecule has 3 rings (SSSR count). The van der Waals surface area contributed by atoms with Gasteiger partial charge < -0.3 is 5.32 Å². The van der Waals surface area contributed by atoms with Crippen LogP contribution in [0.5, 0.6) is 0 Å². The minimum absolute atomic E-state index is 0.441. The van der Waals surface area contributed by atoms with Gasteiger partial charge in [0.25, 0.3) is 0 Å². The minimum Gasteiger partial charge on any atom is -0.315 e. The Labute approximate surface area is 128 Å². The van der Waals surface area contributed by atoms with Gasteiger partial charge in [-0.2, -0.15) is 0 Å². The highest BCUT2D eigenvalue weighted by molar-refractivity contribution is 5.32. The lowest BCUT2D eigenvalue weighted by molar-refractivity contribution is 0.157. The molecule has 0 spiro atoms. The van der Waals surface area contributed by atoms with Crippen LogP contribution in [0.25, 0.3) is 0 Å². The van der Waals surface area contributed by atoms with Crippen molar-refractivity contribution in [2.45, 2.75) is 32.1 Å². The van der Waals surface area contributed by atoms with Crippen molar-refractivity contribution < 1.29 is 0 Å². The first kappa shape index (κ1) is 14.3. The molecule has 0 heterocycles. The Morgan fingerprint density at radius 2 is 1.43 bits per heavy atom. The van der Waals surface area contributed by atoms with Gasteiger partial charge in [-0.3, -0.25) is 0 Å². The lowest BCUT2D eigenvalue weighted by Crippen LogP contribution is -2.38. The first-order chi connectivity index (χ1) is 10.3. The molecule has 1 nitrogen and oxygen atoms in total. The Kier molecular flexibility index (Phi) is 4.40. The van der Waals surface area contributed by atoms with Crippen LogP contribution in [0.4, 0.5) is 0 Å². The molecule has 110 valence electrons. The van der Waals surface area contributed by atoms with Crippen molar-refractivity contribution in [3.63, 3.8) is 0 Å². The van der Waals surface area contributed by atoms with Crippen molar-refractivity contribution in [3.8, 4) is 0 Å². The molecule has 2 aromatic rings. The van der Waals surface area contributed by atoms with Gasteiger partial charge >= 0.3 is 0 Å². The van der Waals surface area contributed by atoms with E-state index < -0.39 is 0 Å². The van der Waals surface area contributed by atoms with E-state index in [9.17, 15) is 0 Å². The molecule has 0 radical (unpaired) electrons. The van der Waals surface area contributed by atoms with Crippen LogP contribution in [-0.4, -0.2) is 13.1 Å². The topological polar surface area (TPSA) is 12.0 Å². The quantitative estimate of drug-likeness (QED) is 0.815. The summed E-state index contributed by atoms with van der Waals surface area (Å²) in [6.07, 6.45) is 4.15. The maximum Gasteiger partial charge on any atom is 0.0214 e. The average Bonchev–Trinajstić information content (AvgIpc) is 2.51. The van der Waals surface area contributed by atoms with Crippen molar-refractivity contribution in [2.75, 3.05) is 13.1 Å². The van der Waals surface area contributed by atoms with Gasteiger partial charge in [-0.15, -0.1) is 0 Å². The molecule has 1 saturated carbocycles. The normalized spacial score (nSPS) is 16.7. The molecule has 21 heavy (non-hydrogen) atoms. The van der Waals surface area contributed by atoms with Crippen molar-refractivity contribution >= 4 is 0 Å². The first-order valence-corrected chi connectivity index (χ1v) is 8.07. The van der Waals surface area contributed by atoms with E-state index in [4.69, 9.17) is 0 Å². The van der Waals surface area contributed by atoms with E-state index in [2.05, 4.69) is 72.9 Å². The predicted molar refractivity (Wildman–Crippen MR) is 89.6 cm³/mol. The summed E-state index contributed by atoms with van der Waals surface area (Å²) in [5, 5.41) is 3.72. The van der Waals surface area contributed by atoms with Gasteiger partial charge in [-0.1, -0.05) is 74.0 Å². The van der Waals surface area contributed by atoms with Gasteiger partial charge in [0.15, 0.2) is 0 Å². The summed E-state index contributed by atoms with van der Waals surface area (Å²) in [5.41, 5.74) is 3.34. The van der Waals surface area contributed by atoms with Crippen LogP contribution in [0, 0.1) is 5.41 Å². The molecule has 0 aromatic heterocycles. The molecular weight excluding hydrogens is 254 g/mol. The highest BCUT2D eigenvalue weighted by Crippen LogP contribution is 2.39. The fourth-order valence-corrected chi connectivity index (χ4v) is 3.27. The van der Waals surface area contributed by atoms with Gasteiger partial charge in [0, 0.05) is 19.0 Å². The summed E-state index contributed by atoms with van der Waals surface area (Å²) in [7, 11) is 0. The van der Waals surface area contributed by atoms with E-state index >= 15 is 0 Å². The molecule has 0 saturated heterocycles. The van der Waals surface area contributed by atoms with Gasteiger partial charge in [0.05, 0.1) is 0 Å². The molecule has 0 atom stereocenters. The fourth-order valence-electron chi connectivity index (χ4n) is 3.27. The molecule has 2 aromatic carbocycles. The zero-order valence-electron chi connectivity index (χ0n) is 12.9. The zero-order chi connectivity index (χ0) is 14.5. The molecule has 0 amide bonds. The van der Waals surface area contributed by atoms with Gasteiger partial charge in [0.2, 0.25) is 0 Å². The highest BCUT2D eigenvalue weighted by Gasteiger charge is 2.31. The smallest absolute Gasteiger partial charge is 0.0214 e. The van der Waals surface area contributed by atoms with Crippen LogP contribution in [0.3, 0.4) is 0 Å². The summed E-state index contributed by atoms with van der Waals surface area (Å²) in [6, 6.07) is 21.7. The summed E-state index contributed by atoms with van der Waals surface area (Å²) >= 11 is 0. The van der Waals surface area contributed by atoms with Crippen LogP contribution in [0.1, 0.15) is 43.2 Å². The molecule has 0 unspecified atom stereocenters. The highest BCUT2D eigenvalue weighted by atomic mass is 14.9. The third-order valence-electron chi connectivity index (χ3n) is 4.86. The van der Waals surface area contributed by atoms with E-state index in [1.165, 1.54) is 30.4 Å². The van der Waals surface area contributed by atoms with Crippen molar-refractivity contribution in [1.29, 1.82) is 0 Å². The van der Waals surface area contributed by atoms with Crippen LogP contribution in [0.2, 0.25) is 0 Å². The zero-order valence-corrected chi connectivity index (χ0v) is 12.9. The Bertz CT molecular complexity index is 503. The van der Waals surface area contributed by atoms with Crippen LogP contribution in [0.15, 0.2) is 60.7 Å². The lowest BCUT2D eigenvalue weighted by atomic mass is 9.70. The monoisotopic (exact) mass is 279 g/mol. The van der Waals surface area contributed by atoms with E-state index in [-0.39, 0.29) is 0 Å². The molecule has 0 aliphatic heterocycles. The fraction of sp³-hybridized carbons (Fsp3) is 0.400. The summed E-state index contributed by atoms with van der Waals surface area (Å²) in [6.45, 7) is 4.57. The summed E-state index contributed by atoms with van der Waals surface area (Å²) in [5.74, 6) is 0.441. The molecule has 0 bridgehead atoms. The van der Waals surface area contributed by atoms with Gasteiger partial charge in [-0.05, 0) is 29.4 Å². The molecule has 1 heteroatoms. The third kappa shape index (κ3) is 3.54. The number of rotatable bonds is 6. The molecular formula is C20H25N. The molecule has 1 aliphatic carbocycles. The molecule has 1 N–H and O–H groups in total. The standard InChI is InChI=1S/C20H25N/c1-20(13-8-14-20)16-21-15-19(17-9-4-2-5-10-17)18-11-6-3-7-12-18/h2-7,9-12,19,21H,8,13-16H2,1H3. The SMILES string of the molecule is CC1(CNCC(c2ccccc2)c2ccccc2)CCC1. The molecule has 1 fully saturated rings. The number of hydrogen-bond acceptors (Lipinski definition) is 1. The Balaban J connectivity index is 1.70. The number of nitrogens with one attached hydrogen (secondary N) is 1. The second-order valence-electron chi connectivity index (χ2n) is 6.67. The van der Waals surface area contributed by atoms with Crippen molar-refractivity contribution in [1.82, 2.24) is 5.32 Å². The predicted octanol–water partition coefficient (Wildman–Crippen LogP) is 4.60. The second-order valence-corrected chi connectivity index (χ2v) is 6.67. The minimum atomic E-state index is 0.441. The Hall–Kier alpha value is -1.60. The third-order valence-corrected chi connectivity index (χ3v) is 4.86. The maximum absolute atomic E-state index is 3.72. The van der Waals surface area contributed by atoms with Gasteiger partial charge in [0.1, 0.15) is 0 Å². The second kappa shape index (κ2) is 6.44. The van der Waals surface area contributed by atoms with E-state index in [0.29, 0.717) is 11.3 Å². The number of benzene rings is 2.